The summed E-state index contributed by atoms with van der Waals surface area (Å²) >= 11 is 5.52. The molecule has 0 radical (unpaired) electrons. The second-order valence-electron chi connectivity index (χ2n) is 6.26. The topological polar surface area (TPSA) is 196 Å². The van der Waals surface area contributed by atoms with Crippen LogP contribution in [0.3, 0.4) is 0 Å². The van der Waals surface area contributed by atoms with Crippen molar-refractivity contribution in [1.82, 2.24) is 13.7 Å². The number of urea groups is 1. The summed E-state index contributed by atoms with van der Waals surface area (Å²) in [5, 5.41) is 10.7. The van der Waals surface area contributed by atoms with Crippen molar-refractivity contribution < 1.29 is 40.9 Å². The van der Waals surface area contributed by atoms with E-state index in [0.717, 1.165) is 25.2 Å². The molecular formula is C13H20ClN4O10PS2. The van der Waals surface area contributed by atoms with Crippen molar-refractivity contribution in [3.05, 3.63) is 33.9 Å². The average molecular weight is 523 g/mol. The molecule has 0 aliphatic rings. The third-order valence-electron chi connectivity index (χ3n) is 3.67. The Labute approximate surface area is 183 Å². The van der Waals surface area contributed by atoms with Crippen LogP contribution in [0.15, 0.2) is 18.2 Å². The number of amides is 2. The molecule has 0 heterocycles. The molecule has 1 rings (SSSR count). The van der Waals surface area contributed by atoms with Gasteiger partial charge in [0, 0.05) is 25.5 Å². The number of benzene rings is 1. The Morgan fingerprint density at radius 3 is 2.13 bits per heavy atom. The molecular weight excluding hydrogens is 503 g/mol. The molecule has 18 heteroatoms. The van der Waals surface area contributed by atoms with Gasteiger partial charge in [0.05, 0.1) is 34.8 Å². The highest BCUT2D eigenvalue weighted by atomic mass is 35.5. The Morgan fingerprint density at radius 1 is 1.19 bits per heavy atom. The van der Waals surface area contributed by atoms with Crippen molar-refractivity contribution in [1.29, 1.82) is 0 Å². The van der Waals surface area contributed by atoms with Crippen LogP contribution in [-0.2, 0) is 31.2 Å². The largest absolute Gasteiger partial charge is 0.356 e. The van der Waals surface area contributed by atoms with Gasteiger partial charge in [0.1, 0.15) is 0 Å². The Balaban J connectivity index is 3.47. The molecule has 0 saturated carbocycles. The SMILES string of the molecule is CN(Cc1cc(P(=O)(O)O)ccc1[N+](=O)[O-])C(=O)N(N(CCCl)S(C)(=O)=O)S(C)(=O)=O. The van der Waals surface area contributed by atoms with Crippen molar-refractivity contribution in [3.8, 4) is 0 Å². The number of halogens is 1. The normalized spacial score (nSPS) is 12.6. The van der Waals surface area contributed by atoms with Crippen LogP contribution in [0.1, 0.15) is 5.56 Å². The fourth-order valence-electron chi connectivity index (χ4n) is 2.39. The number of sulfonamides is 2. The second kappa shape index (κ2) is 9.77. The molecule has 0 aliphatic carbocycles. The zero-order valence-electron chi connectivity index (χ0n) is 16.4. The van der Waals surface area contributed by atoms with Crippen LogP contribution in [-0.4, -0.2) is 83.3 Å². The monoisotopic (exact) mass is 522 g/mol. The third-order valence-corrected chi connectivity index (χ3v) is 6.99. The quantitative estimate of drug-likeness (QED) is 0.187. The molecule has 2 N–H and O–H groups in total. The van der Waals surface area contributed by atoms with Gasteiger partial charge >= 0.3 is 13.6 Å². The first-order valence-electron chi connectivity index (χ1n) is 8.03. The maximum absolute atomic E-state index is 12.8. The van der Waals surface area contributed by atoms with E-state index in [1.54, 1.807) is 0 Å². The van der Waals surface area contributed by atoms with E-state index in [1.807, 2.05) is 0 Å². The van der Waals surface area contributed by atoms with Gasteiger partial charge in [0.25, 0.3) is 15.7 Å². The summed E-state index contributed by atoms with van der Waals surface area (Å²) in [6, 6.07) is 1.08. The number of rotatable bonds is 9. The van der Waals surface area contributed by atoms with Crippen LogP contribution in [0.4, 0.5) is 10.5 Å². The van der Waals surface area contributed by atoms with Gasteiger partial charge in [-0.25, -0.2) is 21.6 Å². The highest BCUT2D eigenvalue weighted by Crippen LogP contribution is 2.35. The van der Waals surface area contributed by atoms with Crippen LogP contribution in [0.5, 0.6) is 0 Å². The molecule has 0 fully saturated rings. The lowest BCUT2D eigenvalue weighted by Crippen LogP contribution is -2.56. The highest BCUT2D eigenvalue weighted by molar-refractivity contribution is 7.91. The number of hydrogen-bond donors (Lipinski definition) is 2. The average Bonchev–Trinajstić information content (AvgIpc) is 2.58. The number of hydrogen-bond acceptors (Lipinski definition) is 8. The molecule has 176 valence electrons. The Bertz CT molecular complexity index is 1120. The van der Waals surface area contributed by atoms with Gasteiger partial charge in [-0.15, -0.1) is 16.0 Å². The minimum Gasteiger partial charge on any atom is -0.321 e. The molecule has 0 bridgehead atoms. The van der Waals surface area contributed by atoms with E-state index in [2.05, 4.69) is 0 Å². The van der Waals surface area contributed by atoms with E-state index < -0.39 is 62.7 Å². The van der Waals surface area contributed by atoms with Crippen molar-refractivity contribution in [2.45, 2.75) is 6.54 Å². The van der Waals surface area contributed by atoms with E-state index in [0.29, 0.717) is 17.4 Å². The zero-order valence-corrected chi connectivity index (χ0v) is 19.7. The van der Waals surface area contributed by atoms with Gasteiger partial charge in [-0.1, -0.05) is 4.41 Å². The lowest BCUT2D eigenvalue weighted by atomic mass is 10.1. The lowest BCUT2D eigenvalue weighted by molar-refractivity contribution is -0.385. The maximum Gasteiger partial charge on any atom is 0.356 e. The fraction of sp³-hybridized carbons (Fsp3) is 0.462. The van der Waals surface area contributed by atoms with Crippen molar-refractivity contribution in [2.24, 2.45) is 0 Å². The smallest absolute Gasteiger partial charge is 0.321 e. The van der Waals surface area contributed by atoms with E-state index >= 15 is 0 Å². The van der Waals surface area contributed by atoms with Crippen LogP contribution in [0, 0.1) is 10.1 Å². The second-order valence-corrected chi connectivity index (χ2v) is 11.9. The number of hydrazine groups is 1. The zero-order chi connectivity index (χ0) is 24.4. The molecule has 0 atom stereocenters. The maximum atomic E-state index is 12.8. The minimum absolute atomic E-state index is 0.0522. The van der Waals surface area contributed by atoms with Crippen molar-refractivity contribution in [2.75, 3.05) is 32.0 Å². The summed E-state index contributed by atoms with van der Waals surface area (Å²) in [6.07, 6.45) is 1.22. The van der Waals surface area contributed by atoms with Crippen molar-refractivity contribution >= 4 is 56.3 Å². The van der Waals surface area contributed by atoms with E-state index in [9.17, 15) is 46.1 Å². The number of carbonyl (C=O) groups excluding carboxylic acids is 1. The van der Waals surface area contributed by atoms with E-state index in [-0.39, 0.29) is 20.3 Å². The first-order valence-corrected chi connectivity index (χ1v) is 13.9. The summed E-state index contributed by atoms with van der Waals surface area (Å²) in [7, 11) is -12.5. The van der Waals surface area contributed by atoms with Gasteiger partial charge in [0.2, 0.25) is 10.0 Å². The molecule has 0 spiro atoms. The van der Waals surface area contributed by atoms with Gasteiger partial charge in [-0.2, -0.15) is 0 Å². The summed E-state index contributed by atoms with van der Waals surface area (Å²) in [6.45, 7) is -1.24. The molecule has 0 aliphatic heterocycles. The molecule has 0 unspecified atom stereocenters. The predicted molar refractivity (Wildman–Crippen MR) is 111 cm³/mol. The lowest BCUT2D eigenvalue weighted by Gasteiger charge is -2.33. The molecule has 0 saturated heterocycles. The number of nitrogens with zero attached hydrogens (tertiary/aromatic N) is 4. The van der Waals surface area contributed by atoms with Crippen molar-refractivity contribution in [3.63, 3.8) is 0 Å². The Morgan fingerprint density at radius 2 is 1.74 bits per heavy atom. The summed E-state index contributed by atoms with van der Waals surface area (Å²) < 4.78 is 60.0. The predicted octanol–water partition coefficient (Wildman–Crippen LogP) is -0.373. The molecule has 1 aromatic carbocycles. The first kappa shape index (κ1) is 27.2. The first-order chi connectivity index (χ1) is 13.9. The molecule has 2 amide bonds. The van der Waals surface area contributed by atoms with Crippen LogP contribution >= 0.6 is 19.2 Å². The van der Waals surface area contributed by atoms with Crippen LogP contribution in [0.2, 0.25) is 0 Å². The molecule has 31 heavy (non-hydrogen) atoms. The Hall–Kier alpha value is -1.81. The minimum atomic E-state index is -4.79. The Kier molecular flexibility index (Phi) is 8.58. The number of nitro benzene ring substituents is 1. The summed E-state index contributed by atoms with van der Waals surface area (Å²) in [5.74, 6) is -0.355. The number of alkyl halides is 1. The van der Waals surface area contributed by atoms with Crippen LogP contribution < -0.4 is 5.30 Å². The number of carbonyl (C=O) groups is 1. The van der Waals surface area contributed by atoms with Gasteiger partial charge in [-0.3, -0.25) is 14.7 Å². The summed E-state index contributed by atoms with van der Waals surface area (Å²) in [4.78, 5) is 42.4. The summed E-state index contributed by atoms with van der Waals surface area (Å²) in [5.41, 5.74) is -0.915. The molecule has 1 aromatic rings. The molecule has 14 nitrogen and oxygen atoms in total. The van der Waals surface area contributed by atoms with Gasteiger partial charge in [-0.05, 0) is 12.1 Å². The van der Waals surface area contributed by atoms with Gasteiger partial charge in [0.15, 0.2) is 0 Å². The van der Waals surface area contributed by atoms with Crippen LogP contribution in [0.25, 0.3) is 0 Å². The number of nitro groups is 1. The molecule has 0 aromatic heterocycles. The van der Waals surface area contributed by atoms with Gasteiger partial charge < -0.3 is 14.7 Å². The van der Waals surface area contributed by atoms with E-state index in [1.165, 1.54) is 0 Å². The third kappa shape index (κ3) is 7.10. The highest BCUT2D eigenvalue weighted by Gasteiger charge is 2.38. The van der Waals surface area contributed by atoms with E-state index in [4.69, 9.17) is 11.6 Å². The standard InChI is InChI=1S/C13H20ClN4O10PS2/c1-15(9-10-8-11(29(22,23)24)4-5-12(10)18(20)21)13(19)17(31(3,27)28)16(7-6-14)30(2,25)26/h4-5,8H,6-7,9H2,1-3H3,(H2,22,23,24). The fourth-order valence-corrected chi connectivity index (χ4v) is 5.57.